The lowest BCUT2D eigenvalue weighted by Gasteiger charge is -2.11. The van der Waals surface area contributed by atoms with E-state index in [9.17, 15) is 4.79 Å². The molecule has 7 heteroatoms. The maximum Gasteiger partial charge on any atom is 0.263 e. The zero-order valence-electron chi connectivity index (χ0n) is 13.9. The van der Waals surface area contributed by atoms with Crippen LogP contribution < -0.4 is 5.32 Å². The van der Waals surface area contributed by atoms with Gasteiger partial charge < -0.3 is 14.2 Å². The van der Waals surface area contributed by atoms with Crippen LogP contribution in [0.25, 0.3) is 11.7 Å². The van der Waals surface area contributed by atoms with Crippen LogP contribution in [-0.2, 0) is 17.6 Å². The first-order valence-corrected chi connectivity index (χ1v) is 7.81. The maximum atomic E-state index is 12.2. The average molecular weight is 328 g/mol. The number of nitrogens with one attached hydrogen (secondary N) is 2. The molecule has 3 aromatic rings. The van der Waals surface area contributed by atoms with Crippen molar-refractivity contribution >= 4 is 5.91 Å². The maximum absolute atomic E-state index is 12.2. The number of hydrogen-bond acceptors (Lipinski definition) is 5. The van der Waals surface area contributed by atoms with E-state index in [1.165, 1.54) is 0 Å². The van der Waals surface area contributed by atoms with E-state index < -0.39 is 0 Å². The molecule has 0 bridgehead atoms. The van der Waals surface area contributed by atoms with Crippen molar-refractivity contribution in [3.05, 3.63) is 47.3 Å². The van der Waals surface area contributed by atoms with Crippen LogP contribution in [0, 0.1) is 13.8 Å². The Bertz CT molecular complexity index is 817. The van der Waals surface area contributed by atoms with Crippen LogP contribution in [0.15, 0.2) is 33.3 Å². The summed E-state index contributed by atoms with van der Waals surface area (Å²) in [6.07, 6.45) is 2.39. The van der Waals surface area contributed by atoms with E-state index in [0.29, 0.717) is 29.5 Å². The highest BCUT2D eigenvalue weighted by Crippen LogP contribution is 2.22. The predicted molar refractivity (Wildman–Crippen MR) is 87.3 cm³/mol. The standard InChI is InChI=1S/C17H20N4O3/c1-10(7-13-8-11(2)20-21-13)18-16(22)9-14-12(3)24-17(19-14)15-5-4-6-23-15/h4-6,8,10H,7,9H2,1-3H3,(H,18,22)(H,20,21). The molecule has 0 saturated heterocycles. The van der Waals surface area contributed by atoms with Crippen molar-refractivity contribution in [2.75, 3.05) is 0 Å². The summed E-state index contributed by atoms with van der Waals surface area (Å²) >= 11 is 0. The number of amides is 1. The quantitative estimate of drug-likeness (QED) is 0.725. The third-order valence-electron chi connectivity index (χ3n) is 3.63. The fourth-order valence-corrected chi connectivity index (χ4v) is 2.52. The highest BCUT2D eigenvalue weighted by molar-refractivity contribution is 5.78. The molecule has 24 heavy (non-hydrogen) atoms. The number of aromatic nitrogens is 3. The molecule has 1 atom stereocenters. The Balaban J connectivity index is 1.58. The van der Waals surface area contributed by atoms with Crippen molar-refractivity contribution in [1.82, 2.24) is 20.5 Å². The van der Waals surface area contributed by atoms with E-state index >= 15 is 0 Å². The molecule has 0 aromatic carbocycles. The van der Waals surface area contributed by atoms with E-state index in [2.05, 4.69) is 20.5 Å². The number of carbonyl (C=O) groups is 1. The topological polar surface area (TPSA) is 97.0 Å². The number of aromatic amines is 1. The molecule has 1 amide bonds. The lowest BCUT2D eigenvalue weighted by Crippen LogP contribution is -2.35. The van der Waals surface area contributed by atoms with Crippen LogP contribution in [0.4, 0.5) is 0 Å². The Hall–Kier alpha value is -2.83. The van der Waals surface area contributed by atoms with Gasteiger partial charge in [-0.2, -0.15) is 5.10 Å². The van der Waals surface area contributed by atoms with Gasteiger partial charge in [0.1, 0.15) is 5.76 Å². The van der Waals surface area contributed by atoms with Crippen LogP contribution in [0.1, 0.15) is 29.8 Å². The van der Waals surface area contributed by atoms with Gasteiger partial charge in [0.05, 0.1) is 24.1 Å². The molecule has 126 valence electrons. The Labute approximate surface area is 139 Å². The fourth-order valence-electron chi connectivity index (χ4n) is 2.52. The van der Waals surface area contributed by atoms with Gasteiger partial charge in [-0.25, -0.2) is 4.98 Å². The van der Waals surface area contributed by atoms with Crippen molar-refractivity contribution in [2.45, 2.75) is 39.7 Å². The van der Waals surface area contributed by atoms with Gasteiger partial charge in [-0.1, -0.05) is 0 Å². The van der Waals surface area contributed by atoms with Crippen LogP contribution in [0.3, 0.4) is 0 Å². The molecule has 2 N–H and O–H groups in total. The molecule has 3 aromatic heterocycles. The first-order chi connectivity index (χ1) is 11.5. The third-order valence-corrected chi connectivity index (χ3v) is 3.63. The number of oxazole rings is 1. The van der Waals surface area contributed by atoms with Crippen molar-refractivity contribution in [3.8, 4) is 11.7 Å². The first kappa shape index (κ1) is 16.0. The molecular weight excluding hydrogens is 308 g/mol. The predicted octanol–water partition coefficient (Wildman–Crippen LogP) is 2.56. The highest BCUT2D eigenvalue weighted by atomic mass is 16.4. The largest absolute Gasteiger partial charge is 0.459 e. The van der Waals surface area contributed by atoms with Crippen molar-refractivity contribution in [3.63, 3.8) is 0 Å². The summed E-state index contributed by atoms with van der Waals surface area (Å²) < 4.78 is 10.8. The zero-order chi connectivity index (χ0) is 17.1. The highest BCUT2D eigenvalue weighted by Gasteiger charge is 2.17. The molecule has 0 aliphatic heterocycles. The summed E-state index contributed by atoms with van der Waals surface area (Å²) in [5.41, 5.74) is 2.55. The summed E-state index contributed by atoms with van der Waals surface area (Å²) in [5, 5.41) is 10.0. The Morgan fingerprint density at radius 2 is 2.25 bits per heavy atom. The molecule has 0 radical (unpaired) electrons. The molecule has 0 spiro atoms. The van der Waals surface area contributed by atoms with E-state index in [4.69, 9.17) is 8.83 Å². The normalized spacial score (nSPS) is 12.3. The average Bonchev–Trinajstić information content (AvgIpc) is 3.22. The van der Waals surface area contributed by atoms with Gasteiger partial charge in [-0.3, -0.25) is 9.89 Å². The smallest absolute Gasteiger partial charge is 0.263 e. The molecule has 0 aliphatic carbocycles. The zero-order valence-corrected chi connectivity index (χ0v) is 13.9. The van der Waals surface area contributed by atoms with Gasteiger partial charge in [0, 0.05) is 18.2 Å². The van der Waals surface area contributed by atoms with Gasteiger partial charge >= 0.3 is 0 Å². The lowest BCUT2D eigenvalue weighted by molar-refractivity contribution is -0.121. The van der Waals surface area contributed by atoms with Gasteiger partial charge in [-0.15, -0.1) is 0 Å². The number of aryl methyl sites for hydroxylation is 2. The molecule has 1 unspecified atom stereocenters. The van der Waals surface area contributed by atoms with Gasteiger partial charge in [0.15, 0.2) is 5.76 Å². The number of carbonyl (C=O) groups excluding carboxylic acids is 1. The van der Waals surface area contributed by atoms with Crippen molar-refractivity contribution in [1.29, 1.82) is 0 Å². The second-order valence-electron chi connectivity index (χ2n) is 5.89. The second kappa shape index (κ2) is 6.74. The minimum Gasteiger partial charge on any atom is -0.459 e. The summed E-state index contributed by atoms with van der Waals surface area (Å²) in [7, 11) is 0. The Kier molecular flexibility index (Phi) is 4.50. The van der Waals surface area contributed by atoms with Gasteiger partial charge in [0.2, 0.25) is 5.91 Å². The number of H-pyrrole nitrogens is 1. The van der Waals surface area contributed by atoms with Crippen molar-refractivity contribution in [2.24, 2.45) is 0 Å². The van der Waals surface area contributed by atoms with Crippen molar-refractivity contribution < 1.29 is 13.6 Å². The number of hydrogen-bond donors (Lipinski definition) is 2. The molecule has 3 heterocycles. The fraction of sp³-hybridized carbons (Fsp3) is 0.353. The van der Waals surface area contributed by atoms with E-state index in [0.717, 1.165) is 11.4 Å². The molecular formula is C17H20N4O3. The molecule has 3 rings (SSSR count). The number of furan rings is 1. The first-order valence-electron chi connectivity index (χ1n) is 7.81. The Morgan fingerprint density at radius 1 is 1.42 bits per heavy atom. The van der Waals surface area contributed by atoms with Crippen LogP contribution in [0.2, 0.25) is 0 Å². The molecule has 0 fully saturated rings. The minimum absolute atomic E-state index is 0.0167. The van der Waals surface area contributed by atoms with Crippen LogP contribution in [0.5, 0.6) is 0 Å². The van der Waals surface area contributed by atoms with Crippen LogP contribution >= 0.6 is 0 Å². The summed E-state index contributed by atoms with van der Waals surface area (Å²) in [4.78, 5) is 16.6. The SMILES string of the molecule is Cc1cc(CC(C)NC(=O)Cc2nc(-c3ccco3)oc2C)n[nH]1. The third kappa shape index (κ3) is 3.73. The van der Waals surface area contributed by atoms with E-state index in [-0.39, 0.29) is 18.4 Å². The van der Waals surface area contributed by atoms with E-state index in [1.54, 1.807) is 25.3 Å². The molecule has 0 saturated carbocycles. The summed E-state index contributed by atoms with van der Waals surface area (Å²) in [5.74, 6) is 1.46. The number of nitrogens with zero attached hydrogens (tertiary/aromatic N) is 2. The number of rotatable bonds is 6. The van der Waals surface area contributed by atoms with E-state index in [1.807, 2.05) is 19.9 Å². The second-order valence-corrected chi connectivity index (χ2v) is 5.89. The molecule has 7 nitrogen and oxygen atoms in total. The van der Waals surface area contributed by atoms with Gasteiger partial charge in [-0.05, 0) is 39.0 Å². The minimum atomic E-state index is -0.0999. The summed E-state index contributed by atoms with van der Waals surface area (Å²) in [6.45, 7) is 5.69. The summed E-state index contributed by atoms with van der Waals surface area (Å²) in [6, 6.07) is 5.49. The monoisotopic (exact) mass is 328 g/mol. The van der Waals surface area contributed by atoms with Gasteiger partial charge in [0.25, 0.3) is 5.89 Å². The molecule has 0 aliphatic rings. The lowest BCUT2D eigenvalue weighted by atomic mass is 10.1. The van der Waals surface area contributed by atoms with Crippen LogP contribution in [-0.4, -0.2) is 27.1 Å². The Morgan fingerprint density at radius 3 is 2.92 bits per heavy atom.